The summed E-state index contributed by atoms with van der Waals surface area (Å²) < 4.78 is 0.491. The summed E-state index contributed by atoms with van der Waals surface area (Å²) >= 11 is 6.87. The van der Waals surface area contributed by atoms with Crippen molar-refractivity contribution < 1.29 is 14.7 Å². The highest BCUT2D eigenvalue weighted by Gasteiger charge is 2.21. The van der Waals surface area contributed by atoms with E-state index in [-0.39, 0.29) is 6.42 Å². The molecule has 6 heteroatoms. The van der Waals surface area contributed by atoms with Crippen LogP contribution in [0.1, 0.15) is 15.2 Å². The molecule has 1 aromatic heterocycles. The number of hydrogen-bond donors (Lipinski definition) is 2. The SMILES string of the molecule is O=C(N[C@@H](Cc1ccccc1)C(=O)O)c1ccc(Cl)s1. The molecule has 0 aliphatic rings. The topological polar surface area (TPSA) is 66.4 Å². The third kappa shape index (κ3) is 3.82. The molecule has 0 radical (unpaired) electrons. The third-order valence-electron chi connectivity index (χ3n) is 2.68. The molecule has 0 fully saturated rings. The summed E-state index contributed by atoms with van der Waals surface area (Å²) in [4.78, 5) is 23.6. The van der Waals surface area contributed by atoms with Crippen molar-refractivity contribution in [1.82, 2.24) is 5.32 Å². The fourth-order valence-corrected chi connectivity index (χ4v) is 2.66. The van der Waals surface area contributed by atoms with Gasteiger partial charge in [0.15, 0.2) is 0 Å². The van der Waals surface area contributed by atoms with Crippen molar-refractivity contribution in [3.63, 3.8) is 0 Å². The number of carboxylic acid groups (broad SMARTS) is 1. The van der Waals surface area contributed by atoms with Crippen LogP contribution in [0.5, 0.6) is 0 Å². The monoisotopic (exact) mass is 309 g/mol. The number of aliphatic carboxylic acids is 1. The van der Waals surface area contributed by atoms with E-state index in [4.69, 9.17) is 11.6 Å². The van der Waals surface area contributed by atoms with Crippen molar-refractivity contribution in [2.45, 2.75) is 12.5 Å². The Labute approximate surface area is 125 Å². The van der Waals surface area contributed by atoms with E-state index in [0.717, 1.165) is 16.9 Å². The zero-order chi connectivity index (χ0) is 14.5. The van der Waals surface area contributed by atoms with Gasteiger partial charge in [0.05, 0.1) is 9.21 Å². The molecule has 1 aromatic carbocycles. The normalized spacial score (nSPS) is 11.8. The first-order valence-corrected chi connectivity index (χ1v) is 7.08. The average Bonchev–Trinajstić information content (AvgIpc) is 2.86. The molecule has 0 unspecified atom stereocenters. The fourth-order valence-electron chi connectivity index (χ4n) is 1.72. The summed E-state index contributed by atoms with van der Waals surface area (Å²) in [5.74, 6) is -1.49. The number of benzene rings is 1. The first-order chi connectivity index (χ1) is 9.56. The van der Waals surface area contributed by atoms with Gasteiger partial charge in [-0.25, -0.2) is 4.79 Å². The van der Waals surface area contributed by atoms with Gasteiger partial charge in [-0.15, -0.1) is 11.3 Å². The number of amides is 1. The minimum Gasteiger partial charge on any atom is -0.480 e. The maximum Gasteiger partial charge on any atom is 0.326 e. The number of halogens is 1. The summed E-state index contributed by atoms with van der Waals surface area (Å²) in [5.41, 5.74) is 0.851. The van der Waals surface area contributed by atoms with Gasteiger partial charge in [0, 0.05) is 6.42 Å². The molecule has 1 atom stereocenters. The molecule has 0 spiro atoms. The van der Waals surface area contributed by atoms with Crippen molar-refractivity contribution >= 4 is 34.8 Å². The molecule has 1 amide bonds. The fraction of sp³-hybridized carbons (Fsp3) is 0.143. The Morgan fingerprint density at radius 2 is 1.90 bits per heavy atom. The summed E-state index contributed by atoms with van der Waals surface area (Å²) in [6, 6.07) is 11.4. The van der Waals surface area contributed by atoms with E-state index in [0.29, 0.717) is 9.21 Å². The molecule has 2 N–H and O–H groups in total. The molecule has 0 saturated carbocycles. The number of carbonyl (C=O) groups is 2. The van der Waals surface area contributed by atoms with Gasteiger partial charge in [-0.2, -0.15) is 0 Å². The summed E-state index contributed by atoms with van der Waals surface area (Å²) in [6.07, 6.45) is 0.237. The number of rotatable bonds is 5. The molecule has 0 aliphatic carbocycles. The van der Waals surface area contributed by atoms with Crippen LogP contribution in [0.4, 0.5) is 0 Å². The van der Waals surface area contributed by atoms with E-state index in [1.54, 1.807) is 12.1 Å². The van der Waals surface area contributed by atoms with Gasteiger partial charge in [0.1, 0.15) is 6.04 Å². The van der Waals surface area contributed by atoms with Crippen LogP contribution in [-0.2, 0) is 11.2 Å². The quantitative estimate of drug-likeness (QED) is 0.892. The maximum absolute atomic E-state index is 11.9. The minimum absolute atomic E-state index is 0.237. The highest BCUT2D eigenvalue weighted by atomic mass is 35.5. The van der Waals surface area contributed by atoms with E-state index in [2.05, 4.69) is 5.32 Å². The predicted molar refractivity (Wildman–Crippen MR) is 78.4 cm³/mol. The molecular formula is C14H12ClNO3S. The van der Waals surface area contributed by atoms with Crippen LogP contribution in [0.15, 0.2) is 42.5 Å². The Kier molecular flexibility index (Phi) is 4.76. The average molecular weight is 310 g/mol. The molecule has 0 aliphatic heterocycles. The lowest BCUT2D eigenvalue weighted by Crippen LogP contribution is -2.42. The van der Waals surface area contributed by atoms with Gasteiger partial charge in [-0.05, 0) is 17.7 Å². The Balaban J connectivity index is 2.06. The van der Waals surface area contributed by atoms with Crippen molar-refractivity contribution in [3.05, 3.63) is 57.2 Å². The van der Waals surface area contributed by atoms with Gasteiger partial charge >= 0.3 is 5.97 Å². The van der Waals surface area contributed by atoms with Gasteiger partial charge in [0.2, 0.25) is 0 Å². The minimum atomic E-state index is -1.06. The lowest BCUT2D eigenvalue weighted by Gasteiger charge is -2.14. The standard InChI is InChI=1S/C14H12ClNO3S/c15-12-7-6-11(20-12)13(17)16-10(14(18)19)8-9-4-2-1-3-5-9/h1-7,10H,8H2,(H,16,17)(H,18,19)/t10-/m0/s1. The number of nitrogens with one attached hydrogen (secondary N) is 1. The Bertz CT molecular complexity index is 612. The van der Waals surface area contributed by atoms with Crippen LogP contribution in [0.2, 0.25) is 4.34 Å². The molecule has 4 nitrogen and oxygen atoms in total. The van der Waals surface area contributed by atoms with Crippen LogP contribution in [0, 0.1) is 0 Å². The Morgan fingerprint density at radius 3 is 2.45 bits per heavy atom. The summed E-state index contributed by atoms with van der Waals surface area (Å²) in [6.45, 7) is 0. The van der Waals surface area contributed by atoms with E-state index in [9.17, 15) is 14.7 Å². The molecule has 0 bridgehead atoms. The second-order valence-electron chi connectivity index (χ2n) is 4.16. The van der Waals surface area contributed by atoms with Crippen LogP contribution >= 0.6 is 22.9 Å². The number of carboxylic acids is 1. The lowest BCUT2D eigenvalue weighted by atomic mass is 10.1. The van der Waals surface area contributed by atoms with Crippen molar-refractivity contribution in [1.29, 1.82) is 0 Å². The molecular weight excluding hydrogens is 298 g/mol. The second kappa shape index (κ2) is 6.54. The highest BCUT2D eigenvalue weighted by molar-refractivity contribution is 7.18. The van der Waals surface area contributed by atoms with Crippen molar-refractivity contribution in [2.24, 2.45) is 0 Å². The largest absolute Gasteiger partial charge is 0.480 e. The number of hydrogen-bond acceptors (Lipinski definition) is 3. The van der Waals surface area contributed by atoms with E-state index < -0.39 is 17.9 Å². The Hall–Kier alpha value is -1.85. The second-order valence-corrected chi connectivity index (χ2v) is 5.87. The molecule has 1 heterocycles. The summed E-state index contributed by atoms with van der Waals surface area (Å²) in [5, 5.41) is 11.7. The molecule has 2 rings (SSSR count). The van der Waals surface area contributed by atoms with Crippen molar-refractivity contribution in [2.75, 3.05) is 0 Å². The smallest absolute Gasteiger partial charge is 0.326 e. The molecule has 2 aromatic rings. The number of thiophene rings is 1. The zero-order valence-electron chi connectivity index (χ0n) is 10.4. The van der Waals surface area contributed by atoms with Gasteiger partial charge < -0.3 is 10.4 Å². The molecule has 20 heavy (non-hydrogen) atoms. The van der Waals surface area contributed by atoms with Crippen LogP contribution in [0.3, 0.4) is 0 Å². The Morgan fingerprint density at radius 1 is 1.20 bits per heavy atom. The third-order valence-corrected chi connectivity index (χ3v) is 3.91. The van der Waals surface area contributed by atoms with E-state index >= 15 is 0 Å². The first kappa shape index (κ1) is 14.6. The lowest BCUT2D eigenvalue weighted by molar-refractivity contribution is -0.139. The van der Waals surface area contributed by atoms with Crippen LogP contribution in [-0.4, -0.2) is 23.0 Å². The van der Waals surface area contributed by atoms with E-state index in [1.165, 1.54) is 0 Å². The van der Waals surface area contributed by atoms with Gasteiger partial charge in [-0.3, -0.25) is 4.79 Å². The van der Waals surface area contributed by atoms with E-state index in [1.807, 2.05) is 30.3 Å². The predicted octanol–water partition coefficient (Wildman–Crippen LogP) is 2.83. The molecule has 0 saturated heterocycles. The first-order valence-electron chi connectivity index (χ1n) is 5.89. The van der Waals surface area contributed by atoms with Crippen LogP contribution in [0.25, 0.3) is 0 Å². The van der Waals surface area contributed by atoms with Gasteiger partial charge in [0.25, 0.3) is 5.91 Å². The number of carbonyl (C=O) groups excluding carboxylic acids is 1. The van der Waals surface area contributed by atoms with Crippen molar-refractivity contribution in [3.8, 4) is 0 Å². The summed E-state index contributed by atoms with van der Waals surface area (Å²) in [7, 11) is 0. The highest BCUT2D eigenvalue weighted by Crippen LogP contribution is 2.21. The van der Waals surface area contributed by atoms with Crippen LogP contribution < -0.4 is 5.32 Å². The molecule has 104 valence electrons. The maximum atomic E-state index is 11.9. The van der Waals surface area contributed by atoms with Gasteiger partial charge in [-0.1, -0.05) is 41.9 Å². The zero-order valence-corrected chi connectivity index (χ0v) is 11.9.